The van der Waals surface area contributed by atoms with Crippen molar-refractivity contribution in [2.45, 2.75) is 43.9 Å². The third kappa shape index (κ3) is 3.16. The third-order valence-corrected chi connectivity index (χ3v) is 5.33. The highest BCUT2D eigenvalue weighted by Gasteiger charge is 2.41. The molecule has 90 valence electrons. The molecule has 0 radical (unpaired) electrons. The lowest BCUT2D eigenvalue weighted by Crippen LogP contribution is -2.43. The summed E-state index contributed by atoms with van der Waals surface area (Å²) in [6.07, 6.45) is 1.97. The lowest BCUT2D eigenvalue weighted by atomic mass is 10.0. The van der Waals surface area contributed by atoms with E-state index in [9.17, 15) is 8.42 Å². The molecular weight excluding hydrogens is 214 g/mol. The molecule has 0 bridgehead atoms. The SMILES string of the molecule is CCOC[C@@]1(N)CC[C@@H](S(=O)(=O)CC)C1. The van der Waals surface area contributed by atoms with E-state index in [2.05, 4.69) is 0 Å². The topological polar surface area (TPSA) is 69.4 Å². The van der Waals surface area contributed by atoms with E-state index in [0.29, 0.717) is 26.1 Å². The summed E-state index contributed by atoms with van der Waals surface area (Å²) in [7, 11) is -2.93. The maximum Gasteiger partial charge on any atom is 0.152 e. The van der Waals surface area contributed by atoms with Crippen LogP contribution in [0.25, 0.3) is 0 Å². The molecule has 0 aliphatic heterocycles. The van der Waals surface area contributed by atoms with E-state index in [0.717, 1.165) is 6.42 Å². The van der Waals surface area contributed by atoms with Crippen LogP contribution < -0.4 is 5.73 Å². The quantitative estimate of drug-likeness (QED) is 0.762. The lowest BCUT2D eigenvalue weighted by molar-refractivity contribution is 0.0968. The molecule has 15 heavy (non-hydrogen) atoms. The van der Waals surface area contributed by atoms with E-state index in [1.54, 1.807) is 6.92 Å². The summed E-state index contributed by atoms with van der Waals surface area (Å²) < 4.78 is 28.6. The van der Waals surface area contributed by atoms with Crippen LogP contribution in [0.2, 0.25) is 0 Å². The minimum absolute atomic E-state index is 0.211. The molecule has 1 rings (SSSR count). The van der Waals surface area contributed by atoms with Crippen molar-refractivity contribution in [3.05, 3.63) is 0 Å². The molecule has 0 aromatic rings. The predicted molar refractivity (Wildman–Crippen MR) is 60.5 cm³/mol. The summed E-state index contributed by atoms with van der Waals surface area (Å²) in [5.41, 5.74) is 5.67. The van der Waals surface area contributed by atoms with E-state index >= 15 is 0 Å². The van der Waals surface area contributed by atoms with Crippen molar-refractivity contribution in [1.29, 1.82) is 0 Å². The molecule has 1 aliphatic rings. The number of hydrogen-bond acceptors (Lipinski definition) is 4. The minimum atomic E-state index is -2.93. The second-order valence-corrected chi connectivity index (χ2v) is 6.89. The fraction of sp³-hybridized carbons (Fsp3) is 1.00. The molecule has 1 aliphatic carbocycles. The van der Waals surface area contributed by atoms with Gasteiger partial charge in [-0.15, -0.1) is 0 Å². The Bertz CT molecular complexity index is 302. The van der Waals surface area contributed by atoms with Crippen molar-refractivity contribution in [1.82, 2.24) is 0 Å². The van der Waals surface area contributed by atoms with Gasteiger partial charge in [-0.1, -0.05) is 6.92 Å². The van der Waals surface area contributed by atoms with Gasteiger partial charge >= 0.3 is 0 Å². The van der Waals surface area contributed by atoms with Gasteiger partial charge in [-0.25, -0.2) is 8.42 Å². The van der Waals surface area contributed by atoms with Gasteiger partial charge in [0.15, 0.2) is 9.84 Å². The van der Waals surface area contributed by atoms with Crippen molar-refractivity contribution < 1.29 is 13.2 Å². The standard InChI is InChI=1S/C10H21NO3S/c1-3-14-8-10(11)6-5-9(7-10)15(12,13)4-2/h9H,3-8,11H2,1-2H3/t9-,10-/m1/s1. The van der Waals surface area contributed by atoms with Gasteiger partial charge in [0, 0.05) is 17.9 Å². The van der Waals surface area contributed by atoms with Crippen LogP contribution in [0.4, 0.5) is 0 Å². The fourth-order valence-electron chi connectivity index (χ4n) is 2.08. The largest absolute Gasteiger partial charge is 0.380 e. The molecule has 0 aromatic heterocycles. The maximum atomic E-state index is 11.7. The van der Waals surface area contributed by atoms with Crippen LogP contribution in [0.15, 0.2) is 0 Å². The lowest BCUT2D eigenvalue weighted by Gasteiger charge is -2.23. The Hall–Kier alpha value is -0.130. The molecule has 0 amide bonds. The van der Waals surface area contributed by atoms with Gasteiger partial charge in [-0.2, -0.15) is 0 Å². The van der Waals surface area contributed by atoms with Crippen molar-refractivity contribution in [2.24, 2.45) is 5.73 Å². The van der Waals surface area contributed by atoms with Gasteiger partial charge in [0.25, 0.3) is 0 Å². The molecule has 0 aromatic carbocycles. The highest BCUT2D eigenvalue weighted by atomic mass is 32.2. The minimum Gasteiger partial charge on any atom is -0.380 e. The summed E-state index contributed by atoms with van der Waals surface area (Å²) in [6.45, 7) is 4.70. The van der Waals surface area contributed by atoms with Crippen molar-refractivity contribution in [3.8, 4) is 0 Å². The number of ether oxygens (including phenoxy) is 1. The Morgan fingerprint density at radius 2 is 2.13 bits per heavy atom. The first-order valence-electron chi connectivity index (χ1n) is 5.52. The third-order valence-electron chi connectivity index (χ3n) is 3.10. The zero-order chi connectivity index (χ0) is 11.5. The predicted octanol–water partition coefficient (Wildman–Crippen LogP) is 0.708. The summed E-state index contributed by atoms with van der Waals surface area (Å²) in [5, 5.41) is -0.257. The molecular formula is C10H21NO3S. The molecule has 5 heteroatoms. The van der Waals surface area contributed by atoms with Crippen LogP contribution in [-0.4, -0.2) is 38.2 Å². The molecule has 0 saturated heterocycles. The van der Waals surface area contributed by atoms with Crippen LogP contribution in [0.3, 0.4) is 0 Å². The molecule has 0 spiro atoms. The molecule has 2 atom stereocenters. The average Bonchev–Trinajstić information content (AvgIpc) is 2.59. The second-order valence-electron chi connectivity index (χ2n) is 4.32. The number of hydrogen-bond donors (Lipinski definition) is 1. The zero-order valence-corrected chi connectivity index (χ0v) is 10.3. The molecule has 0 heterocycles. The van der Waals surface area contributed by atoms with E-state index < -0.39 is 15.4 Å². The van der Waals surface area contributed by atoms with Gasteiger partial charge in [0.2, 0.25) is 0 Å². The van der Waals surface area contributed by atoms with E-state index in [1.807, 2.05) is 6.92 Å². The first-order valence-corrected chi connectivity index (χ1v) is 7.23. The van der Waals surface area contributed by atoms with E-state index in [4.69, 9.17) is 10.5 Å². The van der Waals surface area contributed by atoms with Crippen LogP contribution in [0, 0.1) is 0 Å². The molecule has 1 fully saturated rings. The highest BCUT2D eigenvalue weighted by Crippen LogP contribution is 2.32. The normalized spacial score (nSPS) is 32.1. The number of sulfone groups is 1. The fourth-order valence-corrected chi connectivity index (χ4v) is 3.62. The number of nitrogens with two attached hydrogens (primary N) is 1. The van der Waals surface area contributed by atoms with Crippen molar-refractivity contribution >= 4 is 9.84 Å². The summed E-state index contributed by atoms with van der Waals surface area (Å²) >= 11 is 0. The first kappa shape index (κ1) is 12.9. The monoisotopic (exact) mass is 235 g/mol. The smallest absolute Gasteiger partial charge is 0.152 e. The Balaban J connectivity index is 2.58. The first-order chi connectivity index (χ1) is 6.93. The maximum absolute atomic E-state index is 11.7. The van der Waals surface area contributed by atoms with Gasteiger partial charge < -0.3 is 10.5 Å². The summed E-state index contributed by atoms with van der Waals surface area (Å²) in [4.78, 5) is 0. The van der Waals surface area contributed by atoms with Crippen molar-refractivity contribution in [3.63, 3.8) is 0 Å². The Morgan fingerprint density at radius 1 is 1.47 bits per heavy atom. The molecule has 2 N–H and O–H groups in total. The van der Waals surface area contributed by atoms with E-state index in [-0.39, 0.29) is 11.0 Å². The molecule has 1 saturated carbocycles. The van der Waals surface area contributed by atoms with Gasteiger partial charge in [-0.05, 0) is 26.2 Å². The Labute approximate surface area is 92.1 Å². The van der Waals surface area contributed by atoms with Crippen LogP contribution in [0.5, 0.6) is 0 Å². The zero-order valence-electron chi connectivity index (χ0n) is 9.53. The van der Waals surface area contributed by atoms with Crippen molar-refractivity contribution in [2.75, 3.05) is 19.0 Å². The number of rotatable bonds is 5. The van der Waals surface area contributed by atoms with Crippen LogP contribution in [-0.2, 0) is 14.6 Å². The van der Waals surface area contributed by atoms with E-state index in [1.165, 1.54) is 0 Å². The summed E-state index contributed by atoms with van der Waals surface area (Å²) in [6, 6.07) is 0. The summed E-state index contributed by atoms with van der Waals surface area (Å²) in [5.74, 6) is 0.211. The van der Waals surface area contributed by atoms with Crippen LogP contribution >= 0.6 is 0 Å². The Kier molecular flexibility index (Phi) is 4.14. The second kappa shape index (κ2) is 4.80. The van der Waals surface area contributed by atoms with Gasteiger partial charge in [0.05, 0.1) is 11.9 Å². The van der Waals surface area contributed by atoms with Gasteiger partial charge in [0.1, 0.15) is 0 Å². The molecule has 4 nitrogen and oxygen atoms in total. The van der Waals surface area contributed by atoms with Gasteiger partial charge in [-0.3, -0.25) is 0 Å². The molecule has 0 unspecified atom stereocenters. The average molecular weight is 235 g/mol. The Morgan fingerprint density at radius 3 is 2.67 bits per heavy atom. The highest BCUT2D eigenvalue weighted by molar-refractivity contribution is 7.92. The van der Waals surface area contributed by atoms with Crippen LogP contribution in [0.1, 0.15) is 33.1 Å².